The van der Waals surface area contributed by atoms with Crippen LogP contribution in [-0.4, -0.2) is 53.0 Å². The molecule has 2 N–H and O–H groups in total. The maximum absolute atomic E-state index is 4.62. The Bertz CT molecular complexity index is 1620. The maximum Gasteiger partial charge on any atom is 2.00 e. The van der Waals surface area contributed by atoms with Gasteiger partial charge in [0.05, 0.1) is 34.2 Å². The van der Waals surface area contributed by atoms with Crippen LogP contribution in [0.2, 0.25) is 0 Å². The molecule has 8 bridgehead atoms. The summed E-state index contributed by atoms with van der Waals surface area (Å²) in [7, 11) is 0. The summed E-state index contributed by atoms with van der Waals surface area (Å²) >= 11 is 0. The number of H-pyrrole nitrogens is 2. The van der Waals surface area contributed by atoms with E-state index < -0.39 is 0 Å². The van der Waals surface area contributed by atoms with Gasteiger partial charge in [-0.3, -0.25) is 9.97 Å². The van der Waals surface area contributed by atoms with Crippen molar-refractivity contribution in [2.75, 3.05) is 0 Å². The van der Waals surface area contributed by atoms with Crippen molar-refractivity contribution in [2.45, 2.75) is 0 Å². The van der Waals surface area contributed by atoms with Gasteiger partial charge < -0.3 is 12.8 Å². The minimum Gasteiger partial charge on any atom is -1.00 e. The van der Waals surface area contributed by atoms with Crippen LogP contribution in [0.25, 0.3) is 57.8 Å². The molecule has 0 atom stereocenters. The van der Waals surface area contributed by atoms with Crippen molar-refractivity contribution in [3.63, 3.8) is 0 Å². The molecule has 6 nitrogen and oxygen atoms in total. The third-order valence-electron chi connectivity index (χ3n) is 5.63. The first-order valence-electron chi connectivity index (χ1n) is 11.6. The Hall–Kier alpha value is -4.33. The van der Waals surface area contributed by atoms with Gasteiger partial charge in [0.15, 0.2) is 0 Å². The zero-order chi connectivity index (χ0) is 24.2. The Morgan fingerprint density at radius 3 is 1.27 bits per heavy atom. The molecule has 0 unspecified atom stereocenters. The molecule has 2 aliphatic rings. The smallest absolute Gasteiger partial charge is 1.00 e. The van der Waals surface area contributed by atoms with Crippen LogP contribution in [-0.2, 0) is 0 Å². The largest absolute Gasteiger partial charge is 2.00 e. The van der Waals surface area contributed by atoms with Gasteiger partial charge in [0.1, 0.15) is 0 Å². The van der Waals surface area contributed by atoms with Crippen LogP contribution in [0, 0.1) is 0 Å². The van der Waals surface area contributed by atoms with Gasteiger partial charge in [-0.2, -0.15) is 0 Å². The maximum atomic E-state index is 4.62. The molecular weight excluding hydrogens is 469 g/mol. The molecule has 7 heteroatoms. The van der Waals surface area contributed by atoms with Gasteiger partial charge in [0.2, 0.25) is 0 Å². The van der Waals surface area contributed by atoms with Gasteiger partial charge in [-0.1, -0.05) is 12.1 Å². The minimum atomic E-state index is 0. The molecule has 37 heavy (non-hydrogen) atoms. The van der Waals surface area contributed by atoms with Crippen molar-refractivity contribution in [2.24, 2.45) is 0 Å². The van der Waals surface area contributed by atoms with Crippen LogP contribution in [0.1, 0.15) is 25.6 Å². The molecule has 0 fully saturated rings. The molecule has 0 aliphatic carbocycles. The number of hydrogen-bond donors (Lipinski definition) is 2. The van der Waals surface area contributed by atoms with Gasteiger partial charge in [-0.15, -0.1) is 0 Å². The molecule has 5 aromatic heterocycles. The van der Waals surface area contributed by atoms with Gasteiger partial charge >= 0.3 is 23.1 Å². The third kappa shape index (κ3) is 6.09. The van der Waals surface area contributed by atoms with E-state index in [-0.39, 0.29) is 25.9 Å². The molecule has 0 saturated carbocycles. The summed E-state index contributed by atoms with van der Waals surface area (Å²) in [5.41, 5.74) is 9.69. The second kappa shape index (κ2) is 11.2. The average molecular weight is 493 g/mol. The molecule has 7 heterocycles. The van der Waals surface area contributed by atoms with E-state index in [4.69, 9.17) is 0 Å². The Balaban J connectivity index is 0.000000241. The van der Waals surface area contributed by atoms with Gasteiger partial charge in [0.25, 0.3) is 0 Å². The summed E-state index contributed by atoms with van der Waals surface area (Å²) in [6, 6.07) is 28.0. The standard InChI is InChI=1S/C20H14N4.C10H8N2.Mg.2H/c1-2-14-10-16-5-6-18(23-16)12-20-8-7-19(24-20)11-17-4-3-15(22-17)9-13(1)21-14;1-3-7-11-9(5-1)10-6-2-4-8-12-10;;;/h1-12,21-22H;1-8H;;;/q;;+2;2*-1. The molecule has 0 radical (unpaired) electrons. The molecule has 7 rings (SSSR count). The predicted molar refractivity (Wildman–Crippen MR) is 154 cm³/mol. The molecular formula is C30H24MgN6. The summed E-state index contributed by atoms with van der Waals surface area (Å²) in [5.74, 6) is 0. The van der Waals surface area contributed by atoms with Crippen molar-refractivity contribution in [1.82, 2.24) is 29.9 Å². The van der Waals surface area contributed by atoms with E-state index in [0.29, 0.717) is 0 Å². The monoisotopic (exact) mass is 492 g/mol. The number of nitrogens with zero attached hydrogens (tertiary/aromatic N) is 4. The fraction of sp³-hybridized carbons (Fsp3) is 0. The average Bonchev–Trinajstić information content (AvgIpc) is 3.72. The van der Waals surface area contributed by atoms with E-state index in [0.717, 1.165) is 56.2 Å². The fourth-order valence-electron chi connectivity index (χ4n) is 3.97. The fourth-order valence-corrected chi connectivity index (χ4v) is 3.97. The second-order valence-corrected chi connectivity index (χ2v) is 8.34. The predicted octanol–water partition coefficient (Wildman–Crippen LogP) is 6.64. The third-order valence-corrected chi connectivity index (χ3v) is 5.63. The quantitative estimate of drug-likeness (QED) is 0.251. The molecule has 5 aromatic rings. The molecule has 176 valence electrons. The number of fused-ring (bicyclic) bond motifs is 8. The van der Waals surface area contributed by atoms with Crippen LogP contribution >= 0.6 is 0 Å². The first-order chi connectivity index (χ1) is 17.8. The van der Waals surface area contributed by atoms with Gasteiger partial charge in [-0.25, -0.2) is 9.97 Å². The molecule has 0 amide bonds. The van der Waals surface area contributed by atoms with Crippen LogP contribution in [0.4, 0.5) is 0 Å². The van der Waals surface area contributed by atoms with Crippen LogP contribution in [0.3, 0.4) is 0 Å². The topological polar surface area (TPSA) is 83.1 Å². The summed E-state index contributed by atoms with van der Waals surface area (Å²) in [5, 5.41) is 0. The summed E-state index contributed by atoms with van der Waals surface area (Å²) < 4.78 is 0. The molecule has 0 spiro atoms. The number of pyridine rings is 2. The number of nitrogens with one attached hydrogen (secondary N) is 2. The summed E-state index contributed by atoms with van der Waals surface area (Å²) in [6.07, 6.45) is 11.6. The normalized spacial score (nSPS) is 11.4. The zero-order valence-electron chi connectivity index (χ0n) is 22.0. The Kier molecular flexibility index (Phi) is 7.35. The Labute approximate surface area is 233 Å². The van der Waals surface area contributed by atoms with E-state index in [2.05, 4.69) is 60.2 Å². The Morgan fingerprint density at radius 1 is 0.459 bits per heavy atom. The van der Waals surface area contributed by atoms with Crippen molar-refractivity contribution in [3.8, 4) is 11.4 Å². The number of hydrogen-bond acceptors (Lipinski definition) is 4. The van der Waals surface area contributed by atoms with Crippen molar-refractivity contribution < 1.29 is 2.85 Å². The van der Waals surface area contributed by atoms with Gasteiger partial charge in [-0.05, 0) is 97.1 Å². The number of aromatic amines is 2. The van der Waals surface area contributed by atoms with E-state index in [1.54, 1.807) is 12.4 Å². The molecule has 2 aliphatic heterocycles. The van der Waals surface area contributed by atoms with E-state index in [9.17, 15) is 0 Å². The van der Waals surface area contributed by atoms with E-state index in [1.807, 2.05) is 78.9 Å². The first kappa shape index (κ1) is 24.4. The van der Waals surface area contributed by atoms with Crippen LogP contribution < -0.4 is 0 Å². The van der Waals surface area contributed by atoms with E-state index in [1.165, 1.54) is 0 Å². The summed E-state index contributed by atoms with van der Waals surface area (Å²) in [4.78, 5) is 24.4. The summed E-state index contributed by atoms with van der Waals surface area (Å²) in [6.45, 7) is 0. The van der Waals surface area contributed by atoms with Crippen molar-refractivity contribution in [3.05, 3.63) is 120 Å². The van der Waals surface area contributed by atoms with Crippen molar-refractivity contribution in [1.29, 1.82) is 0 Å². The first-order valence-corrected chi connectivity index (χ1v) is 11.6. The number of aromatic nitrogens is 6. The van der Waals surface area contributed by atoms with E-state index >= 15 is 0 Å². The van der Waals surface area contributed by atoms with Crippen LogP contribution in [0.15, 0.2) is 97.3 Å². The SMILES string of the molecule is C1=Cc2cc3ccc(cc4ccc(cc5nc(cc1n2)C=C5)[nH]4)[nH]3.[H-].[H-].[Mg+2].c1ccc(-c2ccccn2)nc1. The van der Waals surface area contributed by atoms with Crippen molar-refractivity contribution >= 4 is 69.4 Å². The van der Waals surface area contributed by atoms with Crippen LogP contribution in [0.5, 0.6) is 0 Å². The number of rotatable bonds is 1. The van der Waals surface area contributed by atoms with Gasteiger partial charge in [0, 0.05) is 34.5 Å². The Morgan fingerprint density at radius 2 is 0.865 bits per heavy atom. The second-order valence-electron chi connectivity index (χ2n) is 8.34. The molecule has 0 saturated heterocycles. The minimum absolute atomic E-state index is 0. The zero-order valence-corrected chi connectivity index (χ0v) is 21.5. The molecule has 0 aromatic carbocycles.